The highest BCUT2D eigenvalue weighted by Crippen LogP contribution is 2.27. The summed E-state index contributed by atoms with van der Waals surface area (Å²) >= 11 is 3.64. The van der Waals surface area contributed by atoms with Crippen LogP contribution >= 0.6 is 15.9 Å². The van der Waals surface area contributed by atoms with E-state index in [-0.39, 0.29) is 12.0 Å². The standard InChI is InChI=1S/C14H24BrN3O2S/c1-4-12-14(15)13(18(3)17-12)8-11(16-2)7-10-5-6-21(19,20)9-10/h10-11,16H,4-9H2,1-3H3. The molecule has 2 rings (SSSR count). The third-order valence-electron chi connectivity index (χ3n) is 4.30. The van der Waals surface area contributed by atoms with E-state index in [0.29, 0.717) is 11.5 Å². The molecule has 0 aliphatic carbocycles. The molecule has 1 aliphatic rings. The number of hydrogen-bond donors (Lipinski definition) is 1. The van der Waals surface area contributed by atoms with Crippen LogP contribution in [-0.2, 0) is 29.7 Å². The summed E-state index contributed by atoms with van der Waals surface area (Å²) in [5, 5.41) is 7.85. The van der Waals surface area contributed by atoms with Gasteiger partial charge in [-0.15, -0.1) is 0 Å². The number of hydrogen-bond acceptors (Lipinski definition) is 4. The van der Waals surface area contributed by atoms with Crippen molar-refractivity contribution in [1.29, 1.82) is 0 Å². The fourth-order valence-corrected chi connectivity index (χ4v) is 5.70. The Morgan fingerprint density at radius 3 is 2.71 bits per heavy atom. The largest absolute Gasteiger partial charge is 0.317 e. The van der Waals surface area contributed by atoms with E-state index in [2.05, 4.69) is 33.3 Å². The van der Waals surface area contributed by atoms with Crippen molar-refractivity contribution < 1.29 is 8.42 Å². The summed E-state index contributed by atoms with van der Waals surface area (Å²) in [6.45, 7) is 2.09. The molecular formula is C14H24BrN3O2S. The van der Waals surface area contributed by atoms with Crippen LogP contribution in [0.1, 0.15) is 31.2 Å². The number of aromatic nitrogens is 2. The smallest absolute Gasteiger partial charge is 0.150 e. The quantitative estimate of drug-likeness (QED) is 0.819. The lowest BCUT2D eigenvalue weighted by molar-refractivity contribution is 0.416. The zero-order chi connectivity index (χ0) is 15.6. The Balaban J connectivity index is 2.04. The van der Waals surface area contributed by atoms with Crippen molar-refractivity contribution >= 4 is 25.8 Å². The number of nitrogens with one attached hydrogen (secondary N) is 1. The number of halogens is 1. The number of nitrogens with zero attached hydrogens (tertiary/aromatic N) is 2. The SMILES string of the molecule is CCc1nn(C)c(CC(CC2CCS(=O)(=O)C2)NC)c1Br. The van der Waals surface area contributed by atoms with Crippen molar-refractivity contribution in [3.05, 3.63) is 15.9 Å². The Morgan fingerprint density at radius 2 is 2.24 bits per heavy atom. The lowest BCUT2D eigenvalue weighted by Crippen LogP contribution is -2.31. The van der Waals surface area contributed by atoms with E-state index in [1.165, 1.54) is 5.69 Å². The highest BCUT2D eigenvalue weighted by atomic mass is 79.9. The average Bonchev–Trinajstić information content (AvgIpc) is 2.90. The van der Waals surface area contributed by atoms with Gasteiger partial charge in [0.2, 0.25) is 0 Å². The number of aryl methyl sites for hydroxylation is 2. The Bertz CT molecular complexity index is 598. The second-order valence-electron chi connectivity index (χ2n) is 5.88. The second-order valence-corrected chi connectivity index (χ2v) is 8.90. The van der Waals surface area contributed by atoms with Gasteiger partial charge in [-0.05, 0) is 48.2 Å². The van der Waals surface area contributed by atoms with Gasteiger partial charge in [-0.1, -0.05) is 6.92 Å². The van der Waals surface area contributed by atoms with Crippen molar-refractivity contribution in [3.63, 3.8) is 0 Å². The predicted molar refractivity (Wildman–Crippen MR) is 88.2 cm³/mol. The monoisotopic (exact) mass is 377 g/mol. The van der Waals surface area contributed by atoms with E-state index >= 15 is 0 Å². The summed E-state index contributed by atoms with van der Waals surface area (Å²) in [5.74, 6) is 0.978. The minimum atomic E-state index is -2.79. The molecule has 1 aliphatic heterocycles. The first kappa shape index (κ1) is 17.0. The normalized spacial score (nSPS) is 22.6. The molecule has 2 heterocycles. The van der Waals surface area contributed by atoms with Crippen LogP contribution in [0.4, 0.5) is 0 Å². The van der Waals surface area contributed by atoms with Gasteiger partial charge in [-0.3, -0.25) is 4.68 Å². The van der Waals surface area contributed by atoms with Gasteiger partial charge < -0.3 is 5.32 Å². The molecule has 21 heavy (non-hydrogen) atoms. The average molecular weight is 378 g/mol. The molecule has 0 aromatic carbocycles. The molecule has 120 valence electrons. The van der Waals surface area contributed by atoms with E-state index in [1.807, 2.05) is 18.8 Å². The number of likely N-dealkylation sites (N-methyl/N-ethyl adjacent to an activating group) is 1. The van der Waals surface area contributed by atoms with Crippen LogP contribution in [-0.4, -0.2) is 42.8 Å². The van der Waals surface area contributed by atoms with Crippen LogP contribution in [0, 0.1) is 5.92 Å². The molecule has 1 fully saturated rings. The zero-order valence-electron chi connectivity index (χ0n) is 12.9. The molecule has 1 aromatic heterocycles. The minimum Gasteiger partial charge on any atom is -0.317 e. The van der Waals surface area contributed by atoms with Crippen molar-refractivity contribution in [2.24, 2.45) is 13.0 Å². The maximum atomic E-state index is 11.6. The molecule has 2 atom stereocenters. The molecule has 5 nitrogen and oxygen atoms in total. The molecule has 1 N–H and O–H groups in total. The van der Waals surface area contributed by atoms with Gasteiger partial charge in [0.25, 0.3) is 0 Å². The van der Waals surface area contributed by atoms with Crippen molar-refractivity contribution in [2.75, 3.05) is 18.6 Å². The minimum absolute atomic E-state index is 0.278. The van der Waals surface area contributed by atoms with Crippen LogP contribution in [0.25, 0.3) is 0 Å². The molecule has 0 bridgehead atoms. The third kappa shape index (κ3) is 4.07. The third-order valence-corrected chi connectivity index (χ3v) is 7.05. The summed E-state index contributed by atoms with van der Waals surface area (Å²) in [6.07, 6.45) is 3.46. The van der Waals surface area contributed by atoms with Gasteiger partial charge in [0.05, 0.1) is 27.4 Å². The van der Waals surface area contributed by atoms with Crippen LogP contribution in [0.2, 0.25) is 0 Å². The van der Waals surface area contributed by atoms with Crippen LogP contribution in [0.3, 0.4) is 0 Å². The Hall–Kier alpha value is -0.400. The van der Waals surface area contributed by atoms with Gasteiger partial charge in [-0.25, -0.2) is 8.42 Å². The highest BCUT2D eigenvalue weighted by Gasteiger charge is 2.30. The summed E-state index contributed by atoms with van der Waals surface area (Å²) in [5.41, 5.74) is 2.25. The Labute approximate surface area is 135 Å². The van der Waals surface area contributed by atoms with Gasteiger partial charge in [0.15, 0.2) is 9.84 Å². The first-order chi connectivity index (χ1) is 9.86. The second kappa shape index (κ2) is 6.79. The van der Waals surface area contributed by atoms with Crippen molar-refractivity contribution in [3.8, 4) is 0 Å². The first-order valence-corrected chi connectivity index (χ1v) is 10.1. The molecule has 2 unspecified atom stereocenters. The van der Waals surface area contributed by atoms with E-state index in [1.54, 1.807) is 0 Å². The van der Waals surface area contributed by atoms with Gasteiger partial charge in [0.1, 0.15) is 0 Å². The summed E-state index contributed by atoms with van der Waals surface area (Å²) < 4.78 is 26.2. The maximum Gasteiger partial charge on any atom is 0.150 e. The molecule has 0 saturated carbocycles. The van der Waals surface area contributed by atoms with Gasteiger partial charge in [0, 0.05) is 19.5 Å². The summed E-state index contributed by atoms with van der Waals surface area (Å²) in [6, 6.07) is 0.278. The Morgan fingerprint density at radius 1 is 1.52 bits per heavy atom. The van der Waals surface area contributed by atoms with Gasteiger partial charge in [-0.2, -0.15) is 5.10 Å². The van der Waals surface area contributed by atoms with E-state index in [0.717, 1.165) is 35.8 Å². The zero-order valence-corrected chi connectivity index (χ0v) is 15.3. The Kier molecular flexibility index (Phi) is 5.48. The summed E-state index contributed by atoms with van der Waals surface area (Å²) in [4.78, 5) is 0. The molecule has 0 spiro atoms. The van der Waals surface area contributed by atoms with Crippen LogP contribution in [0.5, 0.6) is 0 Å². The van der Waals surface area contributed by atoms with Crippen molar-refractivity contribution in [2.45, 2.75) is 38.6 Å². The number of rotatable bonds is 6. The van der Waals surface area contributed by atoms with Crippen LogP contribution in [0.15, 0.2) is 4.47 Å². The van der Waals surface area contributed by atoms with Crippen molar-refractivity contribution in [1.82, 2.24) is 15.1 Å². The fraction of sp³-hybridized carbons (Fsp3) is 0.786. The lowest BCUT2D eigenvalue weighted by atomic mass is 9.96. The highest BCUT2D eigenvalue weighted by molar-refractivity contribution is 9.10. The molecule has 7 heteroatoms. The van der Waals surface area contributed by atoms with E-state index in [9.17, 15) is 8.42 Å². The molecule has 1 aromatic rings. The topological polar surface area (TPSA) is 64.0 Å². The molecule has 1 saturated heterocycles. The first-order valence-electron chi connectivity index (χ1n) is 7.44. The lowest BCUT2D eigenvalue weighted by Gasteiger charge is -2.19. The molecular weight excluding hydrogens is 354 g/mol. The number of sulfone groups is 1. The molecule has 0 radical (unpaired) electrons. The van der Waals surface area contributed by atoms with E-state index in [4.69, 9.17) is 0 Å². The fourth-order valence-electron chi connectivity index (χ4n) is 3.04. The van der Waals surface area contributed by atoms with E-state index < -0.39 is 9.84 Å². The maximum absolute atomic E-state index is 11.6. The van der Waals surface area contributed by atoms with Crippen LogP contribution < -0.4 is 5.32 Å². The summed E-state index contributed by atoms with van der Waals surface area (Å²) in [7, 11) is 1.11. The molecule has 0 amide bonds. The van der Waals surface area contributed by atoms with Gasteiger partial charge >= 0.3 is 0 Å². The predicted octanol–water partition coefficient (Wildman–Crippen LogP) is 1.70.